The van der Waals surface area contributed by atoms with Gasteiger partial charge in [-0.25, -0.2) is 0 Å². The van der Waals surface area contributed by atoms with Crippen LogP contribution >= 0.6 is 0 Å². The van der Waals surface area contributed by atoms with Crippen molar-refractivity contribution in [3.8, 4) is 11.5 Å². The molecule has 1 aromatic carbocycles. The quantitative estimate of drug-likeness (QED) is 0.729. The number of methoxy groups -OCH3 is 1. The van der Waals surface area contributed by atoms with Gasteiger partial charge in [-0.3, -0.25) is 0 Å². The van der Waals surface area contributed by atoms with E-state index in [4.69, 9.17) is 9.47 Å². The lowest BCUT2D eigenvalue weighted by atomic mass is 9.77. The van der Waals surface area contributed by atoms with Gasteiger partial charge in [0.2, 0.25) is 0 Å². The van der Waals surface area contributed by atoms with Gasteiger partial charge in [0.1, 0.15) is 17.1 Å². The number of hydrogen-bond donors (Lipinski definition) is 1. The van der Waals surface area contributed by atoms with Crippen molar-refractivity contribution in [3.05, 3.63) is 24.3 Å². The number of benzene rings is 1. The second-order valence-corrected chi connectivity index (χ2v) is 5.32. The minimum absolute atomic E-state index is 0.0487. The summed E-state index contributed by atoms with van der Waals surface area (Å²) in [5.74, 6) is 1.78. The lowest BCUT2D eigenvalue weighted by Crippen LogP contribution is -2.45. The Morgan fingerprint density at radius 2 is 2.00 bits per heavy atom. The van der Waals surface area contributed by atoms with Gasteiger partial charge in [-0.2, -0.15) is 0 Å². The Hall–Kier alpha value is -1.22. The maximum atomic E-state index is 6.24. The van der Waals surface area contributed by atoms with Crippen molar-refractivity contribution in [2.75, 3.05) is 20.2 Å². The van der Waals surface area contributed by atoms with Gasteiger partial charge in [0, 0.05) is 6.07 Å². The molecule has 1 aliphatic carbocycles. The average molecular weight is 263 g/mol. The molecule has 0 unspecified atom stereocenters. The van der Waals surface area contributed by atoms with Gasteiger partial charge in [-0.15, -0.1) is 0 Å². The predicted molar refractivity (Wildman–Crippen MR) is 78.0 cm³/mol. The number of rotatable bonds is 8. The fraction of sp³-hybridized carbons (Fsp3) is 0.625. The van der Waals surface area contributed by atoms with E-state index in [9.17, 15) is 0 Å². The van der Waals surface area contributed by atoms with E-state index < -0.39 is 0 Å². The number of hydrogen-bond acceptors (Lipinski definition) is 3. The standard InChI is InChI=1S/C16H25NO2/c1-3-11-17-12-10-16(8-5-9-16)19-15-7-4-6-14(13-15)18-2/h4,6-7,13,17H,3,5,8-12H2,1-2H3. The SMILES string of the molecule is CCCNCCC1(Oc2cccc(OC)c2)CCC1. The highest BCUT2D eigenvalue weighted by atomic mass is 16.5. The minimum Gasteiger partial charge on any atom is -0.497 e. The summed E-state index contributed by atoms with van der Waals surface area (Å²) in [6.07, 6.45) is 5.88. The molecule has 0 radical (unpaired) electrons. The molecule has 0 atom stereocenters. The molecular formula is C16H25NO2. The molecule has 0 amide bonds. The Morgan fingerprint density at radius 3 is 2.63 bits per heavy atom. The van der Waals surface area contributed by atoms with E-state index in [2.05, 4.69) is 12.2 Å². The van der Waals surface area contributed by atoms with Crippen molar-refractivity contribution in [2.24, 2.45) is 0 Å². The molecule has 0 saturated heterocycles. The highest BCUT2D eigenvalue weighted by Crippen LogP contribution is 2.39. The fourth-order valence-electron chi connectivity index (χ4n) is 2.51. The first kappa shape index (κ1) is 14.2. The summed E-state index contributed by atoms with van der Waals surface area (Å²) in [5, 5.41) is 3.46. The monoisotopic (exact) mass is 263 g/mol. The topological polar surface area (TPSA) is 30.5 Å². The van der Waals surface area contributed by atoms with Gasteiger partial charge in [0.25, 0.3) is 0 Å². The van der Waals surface area contributed by atoms with Crippen LogP contribution in [0.3, 0.4) is 0 Å². The first-order valence-corrected chi connectivity index (χ1v) is 7.32. The zero-order chi connectivity index (χ0) is 13.6. The Bertz CT molecular complexity index is 388. The van der Waals surface area contributed by atoms with Gasteiger partial charge in [0.05, 0.1) is 7.11 Å². The van der Waals surface area contributed by atoms with Gasteiger partial charge in [-0.05, 0) is 57.3 Å². The molecule has 0 bridgehead atoms. The van der Waals surface area contributed by atoms with Crippen LogP contribution < -0.4 is 14.8 Å². The molecule has 3 heteroatoms. The molecule has 106 valence electrons. The lowest BCUT2D eigenvalue weighted by Gasteiger charge is -2.42. The molecule has 3 nitrogen and oxygen atoms in total. The Kier molecular flexibility index (Phi) is 5.08. The second kappa shape index (κ2) is 6.80. The van der Waals surface area contributed by atoms with E-state index in [-0.39, 0.29) is 5.60 Å². The molecule has 0 aromatic heterocycles. The first-order chi connectivity index (χ1) is 9.28. The third-order valence-electron chi connectivity index (χ3n) is 3.82. The molecule has 2 rings (SSSR count). The van der Waals surface area contributed by atoms with Crippen LogP contribution in [0.2, 0.25) is 0 Å². The molecule has 1 aromatic rings. The second-order valence-electron chi connectivity index (χ2n) is 5.32. The minimum atomic E-state index is 0.0487. The summed E-state index contributed by atoms with van der Waals surface area (Å²) >= 11 is 0. The lowest BCUT2D eigenvalue weighted by molar-refractivity contribution is -0.0143. The predicted octanol–water partition coefficient (Wildman–Crippen LogP) is 3.39. The van der Waals surface area contributed by atoms with Crippen molar-refractivity contribution in [3.63, 3.8) is 0 Å². The van der Waals surface area contributed by atoms with Crippen molar-refractivity contribution in [2.45, 2.75) is 44.6 Å². The van der Waals surface area contributed by atoms with Crippen LogP contribution in [0, 0.1) is 0 Å². The van der Waals surface area contributed by atoms with Crippen LogP contribution in [0.15, 0.2) is 24.3 Å². The van der Waals surface area contributed by atoms with E-state index in [0.717, 1.165) is 43.9 Å². The molecule has 0 spiro atoms. The number of nitrogens with one attached hydrogen (secondary N) is 1. The molecule has 0 aliphatic heterocycles. The number of ether oxygens (including phenoxy) is 2. The zero-order valence-corrected chi connectivity index (χ0v) is 12.1. The van der Waals surface area contributed by atoms with Crippen molar-refractivity contribution >= 4 is 0 Å². The van der Waals surface area contributed by atoms with Crippen molar-refractivity contribution < 1.29 is 9.47 Å². The van der Waals surface area contributed by atoms with Crippen LogP contribution in [0.25, 0.3) is 0 Å². The normalized spacial score (nSPS) is 16.7. The molecule has 1 saturated carbocycles. The van der Waals surface area contributed by atoms with Crippen LogP contribution in [-0.4, -0.2) is 25.8 Å². The smallest absolute Gasteiger partial charge is 0.123 e. The maximum absolute atomic E-state index is 6.24. The van der Waals surface area contributed by atoms with Crippen LogP contribution in [0.1, 0.15) is 39.0 Å². The van der Waals surface area contributed by atoms with Crippen LogP contribution in [-0.2, 0) is 0 Å². The molecular weight excluding hydrogens is 238 g/mol. The summed E-state index contributed by atoms with van der Waals surface area (Å²) in [6, 6.07) is 7.92. The Morgan fingerprint density at radius 1 is 1.21 bits per heavy atom. The highest BCUT2D eigenvalue weighted by Gasteiger charge is 2.38. The zero-order valence-electron chi connectivity index (χ0n) is 12.1. The van der Waals surface area contributed by atoms with Gasteiger partial charge in [0.15, 0.2) is 0 Å². The van der Waals surface area contributed by atoms with E-state index in [1.54, 1.807) is 7.11 Å². The van der Waals surface area contributed by atoms with Gasteiger partial charge in [-0.1, -0.05) is 13.0 Å². The molecule has 1 fully saturated rings. The van der Waals surface area contributed by atoms with E-state index in [1.165, 1.54) is 12.8 Å². The molecule has 19 heavy (non-hydrogen) atoms. The van der Waals surface area contributed by atoms with Crippen molar-refractivity contribution in [1.29, 1.82) is 0 Å². The van der Waals surface area contributed by atoms with Gasteiger partial charge < -0.3 is 14.8 Å². The average Bonchev–Trinajstić information content (AvgIpc) is 2.40. The summed E-state index contributed by atoms with van der Waals surface area (Å²) < 4.78 is 11.5. The summed E-state index contributed by atoms with van der Waals surface area (Å²) in [5.41, 5.74) is 0.0487. The summed E-state index contributed by atoms with van der Waals surface area (Å²) in [4.78, 5) is 0. The maximum Gasteiger partial charge on any atom is 0.123 e. The molecule has 0 heterocycles. The Balaban J connectivity index is 1.90. The fourth-order valence-corrected chi connectivity index (χ4v) is 2.51. The summed E-state index contributed by atoms with van der Waals surface area (Å²) in [6.45, 7) is 4.33. The van der Waals surface area contributed by atoms with Crippen LogP contribution in [0.4, 0.5) is 0 Å². The van der Waals surface area contributed by atoms with Crippen molar-refractivity contribution in [1.82, 2.24) is 5.32 Å². The molecule has 1 aliphatic rings. The van der Waals surface area contributed by atoms with E-state index in [1.807, 2.05) is 24.3 Å². The largest absolute Gasteiger partial charge is 0.497 e. The summed E-state index contributed by atoms with van der Waals surface area (Å²) in [7, 11) is 1.69. The van der Waals surface area contributed by atoms with E-state index >= 15 is 0 Å². The van der Waals surface area contributed by atoms with E-state index in [0.29, 0.717) is 0 Å². The third-order valence-corrected chi connectivity index (χ3v) is 3.82. The van der Waals surface area contributed by atoms with Crippen LogP contribution in [0.5, 0.6) is 11.5 Å². The Labute approximate surface area is 116 Å². The molecule has 1 N–H and O–H groups in total. The van der Waals surface area contributed by atoms with Gasteiger partial charge >= 0.3 is 0 Å². The highest BCUT2D eigenvalue weighted by molar-refractivity contribution is 5.33. The first-order valence-electron chi connectivity index (χ1n) is 7.32. The third kappa shape index (κ3) is 3.87.